The lowest BCUT2D eigenvalue weighted by Crippen LogP contribution is -2.29. The van der Waals surface area contributed by atoms with Crippen molar-refractivity contribution in [2.24, 2.45) is 5.16 Å². The van der Waals surface area contributed by atoms with E-state index in [0.717, 1.165) is 0 Å². The maximum absolute atomic E-state index is 11.7. The van der Waals surface area contributed by atoms with Crippen molar-refractivity contribution in [2.75, 3.05) is 14.2 Å². The molecule has 1 amide bonds. The molecular weight excluding hydrogens is 263 g/mol. The van der Waals surface area contributed by atoms with Crippen LogP contribution in [0.1, 0.15) is 16.0 Å². The van der Waals surface area contributed by atoms with Crippen molar-refractivity contribution in [3.05, 3.63) is 35.4 Å². The standard InChI is InChI=1S/C11H12Cl2N2O2/c1-14-11(16)9(15-17-2)7-5-3-4-6-8(7)10(12)13/h3-6,10H,1-2H3,(H,14,16). The molecule has 0 bridgehead atoms. The predicted molar refractivity (Wildman–Crippen MR) is 68.5 cm³/mol. The average Bonchev–Trinajstić information content (AvgIpc) is 2.35. The first-order chi connectivity index (χ1) is 8.11. The first-order valence-electron chi connectivity index (χ1n) is 4.82. The highest BCUT2D eigenvalue weighted by Crippen LogP contribution is 2.28. The summed E-state index contributed by atoms with van der Waals surface area (Å²) in [6.07, 6.45) is 0. The van der Waals surface area contributed by atoms with E-state index in [1.165, 1.54) is 14.2 Å². The van der Waals surface area contributed by atoms with Gasteiger partial charge in [0.15, 0.2) is 5.71 Å². The summed E-state index contributed by atoms with van der Waals surface area (Å²) < 4.78 is 0. The molecule has 0 radical (unpaired) electrons. The molecule has 17 heavy (non-hydrogen) atoms. The summed E-state index contributed by atoms with van der Waals surface area (Å²) in [6.45, 7) is 0. The van der Waals surface area contributed by atoms with Crippen molar-refractivity contribution in [1.82, 2.24) is 5.32 Å². The van der Waals surface area contributed by atoms with Gasteiger partial charge in [0.1, 0.15) is 11.9 Å². The summed E-state index contributed by atoms with van der Waals surface area (Å²) in [5.41, 5.74) is 1.29. The number of hydrogen-bond donors (Lipinski definition) is 1. The Morgan fingerprint density at radius 2 is 2.06 bits per heavy atom. The smallest absolute Gasteiger partial charge is 0.273 e. The molecule has 92 valence electrons. The molecule has 0 saturated heterocycles. The van der Waals surface area contributed by atoms with Crippen molar-refractivity contribution in [3.8, 4) is 0 Å². The zero-order valence-electron chi connectivity index (χ0n) is 9.41. The summed E-state index contributed by atoms with van der Waals surface area (Å²) in [5, 5.41) is 6.17. The second kappa shape index (κ2) is 6.47. The number of nitrogens with zero attached hydrogens (tertiary/aromatic N) is 1. The van der Waals surface area contributed by atoms with Gasteiger partial charge in [-0.25, -0.2) is 0 Å². The van der Waals surface area contributed by atoms with Crippen LogP contribution < -0.4 is 5.32 Å². The highest BCUT2D eigenvalue weighted by Gasteiger charge is 2.19. The Kier molecular flexibility index (Phi) is 5.25. The molecule has 0 aliphatic carbocycles. The molecular formula is C11H12Cl2N2O2. The van der Waals surface area contributed by atoms with E-state index in [0.29, 0.717) is 11.1 Å². The Hall–Kier alpha value is -1.26. The first-order valence-corrected chi connectivity index (χ1v) is 5.69. The van der Waals surface area contributed by atoms with Crippen LogP contribution in [0, 0.1) is 0 Å². The number of alkyl halides is 2. The van der Waals surface area contributed by atoms with Crippen LogP contribution in [0.25, 0.3) is 0 Å². The fourth-order valence-corrected chi connectivity index (χ4v) is 1.71. The number of oxime groups is 1. The Morgan fingerprint density at radius 1 is 1.41 bits per heavy atom. The topological polar surface area (TPSA) is 50.7 Å². The average molecular weight is 275 g/mol. The number of nitrogens with one attached hydrogen (secondary N) is 1. The third kappa shape index (κ3) is 3.35. The lowest BCUT2D eigenvalue weighted by molar-refractivity contribution is -0.114. The van der Waals surface area contributed by atoms with Crippen LogP contribution in [0.5, 0.6) is 0 Å². The number of benzene rings is 1. The fraction of sp³-hybridized carbons (Fsp3) is 0.273. The van der Waals surface area contributed by atoms with E-state index in [2.05, 4.69) is 15.3 Å². The van der Waals surface area contributed by atoms with Gasteiger partial charge in [-0.3, -0.25) is 4.79 Å². The summed E-state index contributed by atoms with van der Waals surface area (Å²) in [6, 6.07) is 6.99. The number of carbonyl (C=O) groups is 1. The SMILES string of the molecule is CNC(=O)C(=NOC)c1ccccc1C(Cl)Cl. The molecule has 0 aliphatic heterocycles. The monoisotopic (exact) mass is 274 g/mol. The highest BCUT2D eigenvalue weighted by molar-refractivity contribution is 6.48. The Morgan fingerprint density at radius 3 is 2.59 bits per heavy atom. The number of rotatable bonds is 4. The van der Waals surface area contributed by atoms with Crippen LogP contribution in [-0.4, -0.2) is 25.8 Å². The van der Waals surface area contributed by atoms with E-state index in [-0.39, 0.29) is 11.6 Å². The molecule has 0 fully saturated rings. The number of amides is 1. The maximum atomic E-state index is 11.7. The Balaban J connectivity index is 3.28. The molecule has 1 N–H and O–H groups in total. The molecule has 6 heteroatoms. The first kappa shape index (κ1) is 13.8. The molecule has 1 aromatic rings. The van der Waals surface area contributed by atoms with Gasteiger partial charge >= 0.3 is 0 Å². The molecule has 0 saturated carbocycles. The van der Waals surface area contributed by atoms with Crippen LogP contribution in [0.4, 0.5) is 0 Å². The van der Waals surface area contributed by atoms with Crippen molar-refractivity contribution in [3.63, 3.8) is 0 Å². The molecule has 0 unspecified atom stereocenters. The minimum atomic E-state index is -0.738. The van der Waals surface area contributed by atoms with Gasteiger partial charge in [-0.15, -0.1) is 23.2 Å². The van der Waals surface area contributed by atoms with Crippen LogP contribution in [-0.2, 0) is 9.63 Å². The largest absolute Gasteiger partial charge is 0.398 e. The summed E-state index contributed by atoms with van der Waals surface area (Å²) in [7, 11) is 2.87. The van der Waals surface area contributed by atoms with Gasteiger partial charge in [0.25, 0.3) is 5.91 Å². The third-order valence-corrected chi connectivity index (χ3v) is 2.55. The van der Waals surface area contributed by atoms with Crippen molar-refractivity contribution in [1.29, 1.82) is 0 Å². The van der Waals surface area contributed by atoms with E-state index >= 15 is 0 Å². The molecule has 0 spiro atoms. The highest BCUT2D eigenvalue weighted by atomic mass is 35.5. The summed E-state index contributed by atoms with van der Waals surface area (Å²) in [5.74, 6) is -0.367. The Labute approximate surface area is 110 Å². The molecule has 0 atom stereocenters. The van der Waals surface area contributed by atoms with E-state index in [9.17, 15) is 4.79 Å². The lowest BCUT2D eigenvalue weighted by Gasteiger charge is -2.10. The molecule has 0 aliphatic rings. The van der Waals surface area contributed by atoms with Gasteiger partial charge in [0, 0.05) is 12.6 Å². The number of hydrogen-bond acceptors (Lipinski definition) is 3. The molecule has 1 rings (SSSR count). The van der Waals surface area contributed by atoms with Gasteiger partial charge in [-0.05, 0) is 5.56 Å². The maximum Gasteiger partial charge on any atom is 0.273 e. The summed E-state index contributed by atoms with van der Waals surface area (Å²) in [4.78, 5) is 15.6. The fourth-order valence-electron chi connectivity index (χ4n) is 1.33. The third-order valence-electron chi connectivity index (χ3n) is 2.08. The van der Waals surface area contributed by atoms with Crippen molar-refractivity contribution in [2.45, 2.75) is 4.84 Å². The van der Waals surface area contributed by atoms with Crippen LogP contribution in [0.15, 0.2) is 29.4 Å². The van der Waals surface area contributed by atoms with E-state index in [4.69, 9.17) is 23.2 Å². The van der Waals surface area contributed by atoms with Gasteiger partial charge in [0.2, 0.25) is 0 Å². The van der Waals surface area contributed by atoms with E-state index < -0.39 is 4.84 Å². The predicted octanol–water partition coefficient (Wildman–Crippen LogP) is 2.26. The zero-order valence-corrected chi connectivity index (χ0v) is 10.9. The second-order valence-electron chi connectivity index (χ2n) is 3.09. The van der Waals surface area contributed by atoms with Crippen molar-refractivity contribution >= 4 is 34.8 Å². The van der Waals surface area contributed by atoms with Crippen LogP contribution in [0.3, 0.4) is 0 Å². The van der Waals surface area contributed by atoms with Crippen LogP contribution >= 0.6 is 23.2 Å². The van der Waals surface area contributed by atoms with Crippen LogP contribution in [0.2, 0.25) is 0 Å². The minimum Gasteiger partial charge on any atom is -0.398 e. The zero-order chi connectivity index (χ0) is 12.8. The Bertz CT molecular complexity index is 433. The summed E-state index contributed by atoms with van der Waals surface area (Å²) >= 11 is 11.7. The van der Waals surface area contributed by atoms with E-state index in [1.807, 2.05) is 0 Å². The quantitative estimate of drug-likeness (QED) is 0.520. The molecule has 4 nitrogen and oxygen atoms in total. The number of likely N-dealkylation sites (N-methyl/N-ethyl adjacent to an activating group) is 1. The number of halogens is 2. The lowest BCUT2D eigenvalue weighted by atomic mass is 10.0. The molecule has 0 aromatic heterocycles. The number of carbonyl (C=O) groups excluding carboxylic acids is 1. The van der Waals surface area contributed by atoms with Gasteiger partial charge < -0.3 is 10.2 Å². The van der Waals surface area contributed by atoms with E-state index in [1.54, 1.807) is 24.3 Å². The molecule has 1 aromatic carbocycles. The minimum absolute atomic E-state index is 0.136. The van der Waals surface area contributed by atoms with Gasteiger partial charge in [-0.2, -0.15) is 0 Å². The second-order valence-corrected chi connectivity index (χ2v) is 4.19. The van der Waals surface area contributed by atoms with Gasteiger partial charge in [-0.1, -0.05) is 29.4 Å². The molecule has 0 heterocycles. The normalized spacial score (nSPS) is 11.5. The van der Waals surface area contributed by atoms with Gasteiger partial charge in [0.05, 0.1) is 0 Å². The van der Waals surface area contributed by atoms with Crippen molar-refractivity contribution < 1.29 is 9.63 Å².